The molecule has 0 bridgehead atoms. The summed E-state index contributed by atoms with van der Waals surface area (Å²) in [6.45, 7) is 1.99. The Balaban J connectivity index is 2.10. The molecule has 0 radical (unpaired) electrons. The molecule has 2 aromatic rings. The molecule has 0 aliphatic carbocycles. The molecule has 118 valence electrons. The third-order valence-electron chi connectivity index (χ3n) is 3.81. The molecular formula is C17H18Cl3NO. The summed E-state index contributed by atoms with van der Waals surface area (Å²) in [6.07, 6.45) is -0.119. The van der Waals surface area contributed by atoms with E-state index < -0.39 is 12.1 Å². The van der Waals surface area contributed by atoms with Gasteiger partial charge in [-0.1, -0.05) is 66.0 Å². The smallest absolute Gasteiger partial charge is 0.0944 e. The predicted octanol–water partition coefficient (Wildman–Crippen LogP) is 4.89. The first kappa shape index (κ1) is 17.6. The lowest BCUT2D eigenvalue weighted by molar-refractivity contribution is 0.121. The van der Waals surface area contributed by atoms with Crippen LogP contribution in [-0.4, -0.2) is 11.1 Å². The van der Waals surface area contributed by atoms with E-state index in [9.17, 15) is 5.11 Å². The van der Waals surface area contributed by atoms with Gasteiger partial charge in [0, 0.05) is 11.1 Å². The number of nitrogens with two attached hydrogens (primary N) is 1. The maximum Gasteiger partial charge on any atom is 0.0944 e. The van der Waals surface area contributed by atoms with Crippen molar-refractivity contribution in [3.8, 4) is 0 Å². The van der Waals surface area contributed by atoms with Crippen molar-refractivity contribution >= 4 is 34.8 Å². The van der Waals surface area contributed by atoms with E-state index in [-0.39, 0.29) is 5.92 Å². The Kier molecular flexibility index (Phi) is 6.13. The van der Waals surface area contributed by atoms with Gasteiger partial charge < -0.3 is 10.8 Å². The monoisotopic (exact) mass is 357 g/mol. The molecule has 0 aromatic heterocycles. The van der Waals surface area contributed by atoms with Gasteiger partial charge in [-0.05, 0) is 41.7 Å². The molecule has 5 heteroatoms. The predicted molar refractivity (Wildman–Crippen MR) is 93.7 cm³/mol. The van der Waals surface area contributed by atoms with E-state index in [2.05, 4.69) is 0 Å². The Morgan fingerprint density at radius 3 is 2.32 bits per heavy atom. The summed E-state index contributed by atoms with van der Waals surface area (Å²) in [5, 5.41) is 12.0. The number of halogens is 3. The van der Waals surface area contributed by atoms with Crippen molar-refractivity contribution in [3.05, 3.63) is 68.7 Å². The zero-order chi connectivity index (χ0) is 16.3. The molecule has 0 fully saturated rings. The SMILES string of the molecule is CC(Cc1ccccc1Cl)C(N)C(O)c1ccc(Cl)c(Cl)c1. The van der Waals surface area contributed by atoms with Crippen molar-refractivity contribution in [2.75, 3.05) is 0 Å². The fraction of sp³-hybridized carbons (Fsp3) is 0.294. The van der Waals surface area contributed by atoms with Gasteiger partial charge in [-0.15, -0.1) is 0 Å². The molecule has 0 saturated heterocycles. The van der Waals surface area contributed by atoms with Crippen molar-refractivity contribution in [3.63, 3.8) is 0 Å². The first-order chi connectivity index (χ1) is 10.4. The largest absolute Gasteiger partial charge is 0.387 e. The third kappa shape index (κ3) is 4.15. The van der Waals surface area contributed by atoms with Crippen LogP contribution >= 0.6 is 34.8 Å². The molecular weight excluding hydrogens is 341 g/mol. The average Bonchev–Trinajstić information content (AvgIpc) is 2.50. The molecule has 2 aromatic carbocycles. The number of rotatable bonds is 5. The summed E-state index contributed by atoms with van der Waals surface area (Å²) in [6, 6.07) is 12.3. The average molecular weight is 359 g/mol. The molecule has 0 heterocycles. The molecule has 3 N–H and O–H groups in total. The van der Waals surface area contributed by atoms with Crippen molar-refractivity contribution in [1.29, 1.82) is 0 Å². The second-order valence-electron chi connectivity index (χ2n) is 5.47. The Morgan fingerprint density at radius 1 is 1.00 bits per heavy atom. The van der Waals surface area contributed by atoms with Crippen LogP contribution < -0.4 is 5.73 Å². The Hall–Kier alpha value is -0.770. The zero-order valence-corrected chi connectivity index (χ0v) is 14.4. The summed E-state index contributed by atoms with van der Waals surface area (Å²) >= 11 is 18.1. The van der Waals surface area contributed by atoms with Crippen molar-refractivity contribution < 1.29 is 5.11 Å². The van der Waals surface area contributed by atoms with Crippen molar-refractivity contribution in [1.82, 2.24) is 0 Å². The second-order valence-corrected chi connectivity index (χ2v) is 6.69. The topological polar surface area (TPSA) is 46.2 Å². The van der Waals surface area contributed by atoms with Crippen molar-refractivity contribution in [2.45, 2.75) is 25.5 Å². The van der Waals surface area contributed by atoms with Crippen LogP contribution in [-0.2, 0) is 6.42 Å². The normalized spacial score (nSPS) is 15.4. The zero-order valence-electron chi connectivity index (χ0n) is 12.1. The van der Waals surface area contributed by atoms with Crippen LogP contribution in [0.5, 0.6) is 0 Å². The second kappa shape index (κ2) is 7.67. The fourth-order valence-corrected chi connectivity index (χ4v) is 2.90. The third-order valence-corrected chi connectivity index (χ3v) is 4.91. The molecule has 0 amide bonds. The van der Waals surface area contributed by atoms with Gasteiger partial charge in [-0.2, -0.15) is 0 Å². The van der Waals surface area contributed by atoms with Crippen LogP contribution in [0.4, 0.5) is 0 Å². The molecule has 3 atom stereocenters. The van der Waals surface area contributed by atoms with Gasteiger partial charge in [0.05, 0.1) is 16.1 Å². The number of aliphatic hydroxyl groups is 1. The minimum absolute atomic E-state index is 0.0457. The Bertz CT molecular complexity index is 648. The molecule has 0 aliphatic heterocycles. The van der Waals surface area contributed by atoms with Crippen LogP contribution in [0.3, 0.4) is 0 Å². The number of hydrogen-bond donors (Lipinski definition) is 2. The maximum atomic E-state index is 10.5. The molecule has 3 unspecified atom stereocenters. The highest BCUT2D eigenvalue weighted by atomic mass is 35.5. The van der Waals surface area contributed by atoms with Crippen LogP contribution in [0.1, 0.15) is 24.2 Å². The van der Waals surface area contributed by atoms with E-state index in [4.69, 9.17) is 40.5 Å². The summed E-state index contributed by atoms with van der Waals surface area (Å²) in [4.78, 5) is 0. The molecule has 2 rings (SSSR count). The van der Waals surface area contributed by atoms with E-state index in [0.717, 1.165) is 5.56 Å². The van der Waals surface area contributed by atoms with Crippen LogP contribution in [0.25, 0.3) is 0 Å². The van der Waals surface area contributed by atoms with Gasteiger partial charge in [0.25, 0.3) is 0 Å². The standard InChI is InChI=1S/C17H18Cl3NO/c1-10(8-11-4-2-3-5-13(11)18)16(21)17(22)12-6-7-14(19)15(20)9-12/h2-7,9-10,16-17,22H,8,21H2,1H3. The highest BCUT2D eigenvalue weighted by molar-refractivity contribution is 6.42. The van der Waals surface area contributed by atoms with Gasteiger partial charge in [0.2, 0.25) is 0 Å². The lowest BCUT2D eigenvalue weighted by Crippen LogP contribution is -2.36. The van der Waals surface area contributed by atoms with Crippen LogP contribution in [0.15, 0.2) is 42.5 Å². The molecule has 22 heavy (non-hydrogen) atoms. The summed E-state index contributed by atoms with van der Waals surface area (Å²) in [7, 11) is 0. The summed E-state index contributed by atoms with van der Waals surface area (Å²) in [5.74, 6) is 0.0457. The van der Waals surface area contributed by atoms with E-state index >= 15 is 0 Å². The van der Waals surface area contributed by atoms with Gasteiger partial charge >= 0.3 is 0 Å². The highest BCUT2D eigenvalue weighted by Crippen LogP contribution is 2.29. The number of benzene rings is 2. The van der Waals surface area contributed by atoms with Crippen LogP contribution in [0.2, 0.25) is 15.1 Å². The van der Waals surface area contributed by atoms with Crippen LogP contribution in [0, 0.1) is 5.92 Å². The first-order valence-electron chi connectivity index (χ1n) is 7.02. The lowest BCUT2D eigenvalue weighted by Gasteiger charge is -2.26. The number of aliphatic hydroxyl groups excluding tert-OH is 1. The van der Waals surface area contributed by atoms with Gasteiger partial charge in [0.1, 0.15) is 0 Å². The minimum Gasteiger partial charge on any atom is -0.387 e. The van der Waals surface area contributed by atoms with Gasteiger partial charge in [-0.3, -0.25) is 0 Å². The summed E-state index contributed by atoms with van der Waals surface area (Å²) < 4.78 is 0. The minimum atomic E-state index is -0.813. The Morgan fingerprint density at radius 2 is 1.68 bits per heavy atom. The maximum absolute atomic E-state index is 10.5. The lowest BCUT2D eigenvalue weighted by atomic mass is 9.88. The highest BCUT2D eigenvalue weighted by Gasteiger charge is 2.24. The molecule has 2 nitrogen and oxygen atoms in total. The van der Waals surface area contributed by atoms with Gasteiger partial charge in [-0.25, -0.2) is 0 Å². The van der Waals surface area contributed by atoms with Crippen molar-refractivity contribution in [2.24, 2.45) is 11.7 Å². The van der Waals surface area contributed by atoms with Gasteiger partial charge in [0.15, 0.2) is 0 Å². The molecule has 0 aliphatic rings. The quantitative estimate of drug-likeness (QED) is 0.799. The first-order valence-corrected chi connectivity index (χ1v) is 8.15. The molecule has 0 saturated carbocycles. The molecule has 0 spiro atoms. The van der Waals surface area contributed by atoms with E-state index in [0.29, 0.717) is 27.1 Å². The van der Waals surface area contributed by atoms with E-state index in [1.807, 2.05) is 31.2 Å². The van der Waals surface area contributed by atoms with E-state index in [1.165, 1.54) is 0 Å². The Labute approximate surface area is 145 Å². The fourth-order valence-electron chi connectivity index (χ4n) is 2.38. The summed E-state index contributed by atoms with van der Waals surface area (Å²) in [5.41, 5.74) is 7.89. The number of hydrogen-bond acceptors (Lipinski definition) is 2. The van der Waals surface area contributed by atoms with E-state index in [1.54, 1.807) is 18.2 Å².